The Morgan fingerprint density at radius 3 is 2.26 bits per heavy atom. The molecule has 2 heteroatoms. The molecule has 0 aromatic carbocycles. The van der Waals surface area contributed by atoms with Crippen molar-refractivity contribution in [1.29, 1.82) is 0 Å². The predicted octanol–water partition coefficient (Wildman–Crippen LogP) is 4.20. The van der Waals surface area contributed by atoms with Crippen molar-refractivity contribution in [3.8, 4) is 0 Å². The Morgan fingerprint density at radius 2 is 1.89 bits per heavy atom. The predicted molar refractivity (Wildman–Crippen MR) is 80.9 cm³/mol. The molecule has 0 aromatic rings. The molecule has 0 N–H and O–H groups in total. The standard InChI is InChI=1S/C13H18O.C4H6O/c1-5-7-11(14)12-10(2)8-6-9-13(12,3)4;1-2-3-4-5/h5-8H,9H2,1-4H3;2-4H,1H3/b7-5+;3-2+. The van der Waals surface area contributed by atoms with Gasteiger partial charge >= 0.3 is 0 Å². The molecule has 0 unspecified atom stereocenters. The van der Waals surface area contributed by atoms with E-state index in [1.54, 1.807) is 25.2 Å². The van der Waals surface area contributed by atoms with Gasteiger partial charge in [0.1, 0.15) is 6.29 Å². The third kappa shape index (κ3) is 5.64. The van der Waals surface area contributed by atoms with Crippen LogP contribution >= 0.6 is 0 Å². The number of ketones is 1. The Bertz CT molecular complexity index is 432. The first-order chi connectivity index (χ1) is 8.90. The van der Waals surface area contributed by atoms with Crippen LogP contribution in [0.15, 0.2) is 47.6 Å². The van der Waals surface area contributed by atoms with E-state index in [9.17, 15) is 9.59 Å². The Labute approximate surface area is 116 Å². The molecule has 0 fully saturated rings. The summed E-state index contributed by atoms with van der Waals surface area (Å²) in [6.45, 7) is 9.93. The summed E-state index contributed by atoms with van der Waals surface area (Å²) in [5.41, 5.74) is 2.04. The number of hydrogen-bond donors (Lipinski definition) is 0. The van der Waals surface area contributed by atoms with Crippen molar-refractivity contribution in [3.63, 3.8) is 0 Å². The fraction of sp³-hybridized carbons (Fsp3) is 0.412. The van der Waals surface area contributed by atoms with E-state index >= 15 is 0 Å². The fourth-order valence-corrected chi connectivity index (χ4v) is 2.09. The molecule has 0 saturated heterocycles. The number of hydrogen-bond acceptors (Lipinski definition) is 2. The molecule has 0 saturated carbocycles. The van der Waals surface area contributed by atoms with Crippen molar-refractivity contribution >= 4 is 12.1 Å². The summed E-state index contributed by atoms with van der Waals surface area (Å²) in [7, 11) is 0. The van der Waals surface area contributed by atoms with E-state index in [1.165, 1.54) is 6.08 Å². The number of aldehydes is 1. The summed E-state index contributed by atoms with van der Waals surface area (Å²) >= 11 is 0. The van der Waals surface area contributed by atoms with Crippen molar-refractivity contribution in [1.82, 2.24) is 0 Å². The molecule has 2 nitrogen and oxygen atoms in total. The largest absolute Gasteiger partial charge is 0.299 e. The highest BCUT2D eigenvalue weighted by atomic mass is 16.1. The van der Waals surface area contributed by atoms with E-state index in [0.717, 1.165) is 23.9 Å². The Balaban J connectivity index is 0.000000555. The molecule has 0 radical (unpaired) electrons. The van der Waals surface area contributed by atoms with Gasteiger partial charge in [-0.25, -0.2) is 0 Å². The lowest BCUT2D eigenvalue weighted by molar-refractivity contribution is -0.112. The molecule has 0 amide bonds. The molecule has 0 aromatic heterocycles. The molecule has 104 valence electrons. The topological polar surface area (TPSA) is 34.1 Å². The van der Waals surface area contributed by atoms with Gasteiger partial charge in [-0.2, -0.15) is 0 Å². The third-order valence-electron chi connectivity index (χ3n) is 2.90. The second-order valence-electron chi connectivity index (χ2n) is 5.07. The van der Waals surface area contributed by atoms with Crippen LogP contribution in [-0.4, -0.2) is 12.1 Å². The third-order valence-corrected chi connectivity index (χ3v) is 2.90. The number of carbonyl (C=O) groups excluding carboxylic acids is 2. The van der Waals surface area contributed by atoms with Crippen molar-refractivity contribution < 1.29 is 9.59 Å². The smallest absolute Gasteiger partial charge is 0.182 e. The minimum Gasteiger partial charge on any atom is -0.299 e. The van der Waals surface area contributed by atoms with Crippen LogP contribution in [-0.2, 0) is 9.59 Å². The van der Waals surface area contributed by atoms with Crippen LogP contribution in [0.3, 0.4) is 0 Å². The molecule has 0 heterocycles. The van der Waals surface area contributed by atoms with E-state index < -0.39 is 0 Å². The van der Waals surface area contributed by atoms with Crippen LogP contribution < -0.4 is 0 Å². The van der Waals surface area contributed by atoms with Crippen LogP contribution in [0, 0.1) is 5.41 Å². The zero-order valence-electron chi connectivity index (χ0n) is 12.6. The van der Waals surface area contributed by atoms with Crippen LogP contribution in [0.25, 0.3) is 0 Å². The lowest BCUT2D eigenvalue weighted by atomic mass is 9.74. The van der Waals surface area contributed by atoms with Crippen LogP contribution in [0.2, 0.25) is 0 Å². The zero-order valence-corrected chi connectivity index (χ0v) is 12.6. The van der Waals surface area contributed by atoms with Crippen molar-refractivity contribution in [2.45, 2.75) is 41.0 Å². The molecular formula is C17H24O2. The van der Waals surface area contributed by atoms with Gasteiger partial charge in [-0.15, -0.1) is 0 Å². The average Bonchev–Trinajstić information content (AvgIpc) is 2.29. The molecule has 19 heavy (non-hydrogen) atoms. The van der Waals surface area contributed by atoms with Crippen LogP contribution in [0.5, 0.6) is 0 Å². The number of rotatable bonds is 3. The van der Waals surface area contributed by atoms with Crippen molar-refractivity contribution in [2.75, 3.05) is 0 Å². The molecule has 1 aliphatic rings. The fourth-order valence-electron chi connectivity index (χ4n) is 2.09. The summed E-state index contributed by atoms with van der Waals surface area (Å²) in [5, 5.41) is 0. The monoisotopic (exact) mass is 260 g/mol. The summed E-state index contributed by atoms with van der Waals surface area (Å²) in [6, 6.07) is 0. The Morgan fingerprint density at radius 1 is 1.26 bits per heavy atom. The number of allylic oxidation sites excluding steroid dienone is 8. The maximum absolute atomic E-state index is 11.8. The molecular weight excluding hydrogens is 236 g/mol. The van der Waals surface area contributed by atoms with Gasteiger partial charge in [0.2, 0.25) is 0 Å². The second-order valence-corrected chi connectivity index (χ2v) is 5.07. The maximum atomic E-state index is 11.8. The normalized spacial score (nSPS) is 17.5. The van der Waals surface area contributed by atoms with Gasteiger partial charge in [0.15, 0.2) is 5.78 Å². The summed E-state index contributed by atoms with van der Waals surface area (Å²) in [4.78, 5) is 21.2. The summed E-state index contributed by atoms with van der Waals surface area (Å²) in [5.74, 6) is 0.152. The van der Waals surface area contributed by atoms with E-state index in [4.69, 9.17) is 0 Å². The van der Waals surface area contributed by atoms with Gasteiger partial charge < -0.3 is 0 Å². The van der Waals surface area contributed by atoms with E-state index in [0.29, 0.717) is 0 Å². The maximum Gasteiger partial charge on any atom is 0.182 e. The van der Waals surface area contributed by atoms with Gasteiger partial charge in [-0.1, -0.05) is 38.2 Å². The molecule has 1 rings (SSSR count). The minimum absolute atomic E-state index is 0.0184. The molecule has 0 bridgehead atoms. The highest BCUT2D eigenvalue weighted by molar-refractivity contribution is 6.05. The highest BCUT2D eigenvalue weighted by Gasteiger charge is 2.29. The van der Waals surface area contributed by atoms with Crippen LogP contribution in [0.1, 0.15) is 41.0 Å². The van der Waals surface area contributed by atoms with Gasteiger partial charge in [0.05, 0.1) is 0 Å². The molecule has 0 spiro atoms. The molecule has 0 atom stereocenters. The van der Waals surface area contributed by atoms with Gasteiger partial charge in [0.25, 0.3) is 0 Å². The van der Waals surface area contributed by atoms with Crippen LogP contribution in [0.4, 0.5) is 0 Å². The lowest BCUT2D eigenvalue weighted by Gasteiger charge is -2.29. The van der Waals surface area contributed by atoms with Gasteiger partial charge in [-0.05, 0) is 50.3 Å². The van der Waals surface area contributed by atoms with E-state index in [2.05, 4.69) is 19.9 Å². The first kappa shape index (κ1) is 17.3. The minimum atomic E-state index is -0.0184. The SMILES string of the molecule is C/C=C/C(=O)C1=C(C)C=CCC1(C)C.C/C=C/C=O. The van der Waals surface area contributed by atoms with E-state index in [1.807, 2.05) is 19.9 Å². The first-order valence-electron chi connectivity index (χ1n) is 6.52. The second kappa shape index (κ2) is 8.41. The Kier molecular flexibility index (Phi) is 7.66. The summed E-state index contributed by atoms with van der Waals surface area (Å²) < 4.78 is 0. The number of carbonyl (C=O) groups is 2. The highest BCUT2D eigenvalue weighted by Crippen LogP contribution is 2.37. The lowest BCUT2D eigenvalue weighted by Crippen LogP contribution is -2.23. The quantitative estimate of drug-likeness (QED) is 0.563. The zero-order chi connectivity index (χ0) is 14.9. The Hall–Kier alpha value is -1.70. The van der Waals surface area contributed by atoms with Gasteiger partial charge in [-0.3, -0.25) is 9.59 Å². The summed E-state index contributed by atoms with van der Waals surface area (Å²) in [6.07, 6.45) is 12.5. The average molecular weight is 260 g/mol. The first-order valence-corrected chi connectivity index (χ1v) is 6.52. The molecule has 1 aliphatic carbocycles. The molecule has 0 aliphatic heterocycles. The van der Waals surface area contributed by atoms with Crippen molar-refractivity contribution in [3.05, 3.63) is 47.6 Å². The van der Waals surface area contributed by atoms with Crippen molar-refractivity contribution in [2.24, 2.45) is 5.41 Å². The van der Waals surface area contributed by atoms with Gasteiger partial charge in [0, 0.05) is 5.57 Å². The van der Waals surface area contributed by atoms with E-state index in [-0.39, 0.29) is 11.2 Å².